The van der Waals surface area contributed by atoms with Crippen molar-refractivity contribution < 1.29 is 19.0 Å². The van der Waals surface area contributed by atoms with Crippen molar-refractivity contribution in [2.75, 3.05) is 33.2 Å². The van der Waals surface area contributed by atoms with Crippen LogP contribution in [0.3, 0.4) is 0 Å². The Bertz CT molecular complexity index is 730. The Labute approximate surface area is 146 Å². The van der Waals surface area contributed by atoms with E-state index in [2.05, 4.69) is 15.8 Å². The van der Waals surface area contributed by atoms with Gasteiger partial charge in [0.1, 0.15) is 5.75 Å². The van der Waals surface area contributed by atoms with Crippen LogP contribution in [0.4, 0.5) is 5.69 Å². The van der Waals surface area contributed by atoms with Crippen molar-refractivity contribution in [2.24, 2.45) is 5.10 Å². The van der Waals surface area contributed by atoms with Gasteiger partial charge >= 0.3 is 0 Å². The van der Waals surface area contributed by atoms with E-state index in [0.717, 1.165) is 17.0 Å². The molecule has 0 aromatic heterocycles. The number of ether oxygens (including phenoxy) is 3. The number of hydrogen-bond acceptors (Lipinski definition) is 6. The van der Waals surface area contributed by atoms with E-state index in [-0.39, 0.29) is 12.5 Å². The smallest absolute Gasteiger partial charge is 0.259 e. The molecule has 0 atom stereocenters. The fourth-order valence-electron chi connectivity index (χ4n) is 2.04. The fourth-order valence-corrected chi connectivity index (χ4v) is 2.04. The summed E-state index contributed by atoms with van der Waals surface area (Å²) in [6.07, 6.45) is 1.53. The van der Waals surface area contributed by atoms with E-state index < -0.39 is 0 Å². The molecule has 0 heterocycles. The number of hydrogen-bond donors (Lipinski definition) is 2. The first-order chi connectivity index (χ1) is 12.2. The highest BCUT2D eigenvalue weighted by atomic mass is 16.5. The molecule has 2 rings (SSSR count). The van der Waals surface area contributed by atoms with Gasteiger partial charge < -0.3 is 19.5 Å². The molecule has 0 bridgehead atoms. The number of hydrazone groups is 1. The van der Waals surface area contributed by atoms with E-state index in [1.54, 1.807) is 33.5 Å². The maximum atomic E-state index is 11.8. The number of amides is 1. The molecule has 25 heavy (non-hydrogen) atoms. The van der Waals surface area contributed by atoms with E-state index in [1.165, 1.54) is 6.21 Å². The van der Waals surface area contributed by atoms with Gasteiger partial charge in [-0.25, -0.2) is 5.43 Å². The molecule has 132 valence electrons. The molecule has 0 spiro atoms. The van der Waals surface area contributed by atoms with Crippen molar-refractivity contribution in [2.45, 2.75) is 0 Å². The Balaban J connectivity index is 1.83. The second kappa shape index (κ2) is 9.17. The molecule has 0 aliphatic carbocycles. The van der Waals surface area contributed by atoms with Crippen LogP contribution < -0.4 is 25.0 Å². The van der Waals surface area contributed by atoms with Gasteiger partial charge in [-0.15, -0.1) is 0 Å². The first-order valence-electron chi connectivity index (χ1n) is 7.58. The molecule has 7 nitrogen and oxygen atoms in total. The maximum Gasteiger partial charge on any atom is 0.259 e. The first kappa shape index (κ1) is 18.1. The van der Waals surface area contributed by atoms with Gasteiger partial charge in [0.15, 0.2) is 11.5 Å². The summed E-state index contributed by atoms with van der Waals surface area (Å²) >= 11 is 0. The van der Waals surface area contributed by atoms with Crippen LogP contribution in [0.15, 0.2) is 47.6 Å². The highest BCUT2D eigenvalue weighted by Crippen LogP contribution is 2.26. The van der Waals surface area contributed by atoms with Gasteiger partial charge in [-0.2, -0.15) is 5.10 Å². The summed E-state index contributed by atoms with van der Waals surface area (Å²) in [5.41, 5.74) is 4.06. The predicted molar refractivity (Wildman–Crippen MR) is 96.8 cm³/mol. The van der Waals surface area contributed by atoms with Crippen LogP contribution in [0.5, 0.6) is 17.2 Å². The van der Waals surface area contributed by atoms with Crippen molar-refractivity contribution in [1.29, 1.82) is 0 Å². The lowest BCUT2D eigenvalue weighted by Crippen LogP contribution is -2.25. The van der Waals surface area contributed by atoms with Crippen LogP contribution in [-0.2, 0) is 4.79 Å². The lowest BCUT2D eigenvalue weighted by atomic mass is 10.2. The quantitative estimate of drug-likeness (QED) is 0.568. The van der Waals surface area contributed by atoms with Gasteiger partial charge in [0.2, 0.25) is 0 Å². The number of carbonyl (C=O) groups is 1. The number of nitrogens with zero attached hydrogens (tertiary/aromatic N) is 1. The molecule has 0 radical (unpaired) electrons. The number of anilines is 1. The predicted octanol–water partition coefficient (Wildman–Crippen LogP) is 2.27. The zero-order valence-electron chi connectivity index (χ0n) is 14.4. The standard InChI is InChI=1S/C18H21N3O4/c1-23-15-7-5-14(6-8-15)19-12-18(22)21-20-11-13-4-9-16(24-2)17(10-13)25-3/h4-11,19H,12H2,1-3H3,(H,21,22)/b20-11-. The molecule has 0 aliphatic heterocycles. The van der Waals surface area contributed by atoms with Crippen molar-refractivity contribution in [3.63, 3.8) is 0 Å². The molecule has 0 fully saturated rings. The highest BCUT2D eigenvalue weighted by Gasteiger charge is 2.03. The number of methoxy groups -OCH3 is 3. The van der Waals surface area contributed by atoms with Gasteiger partial charge in [0.05, 0.1) is 34.1 Å². The van der Waals surface area contributed by atoms with Gasteiger partial charge in [-0.1, -0.05) is 0 Å². The summed E-state index contributed by atoms with van der Waals surface area (Å²) in [5, 5.41) is 6.93. The summed E-state index contributed by atoms with van der Waals surface area (Å²) in [5.74, 6) is 1.73. The Morgan fingerprint density at radius 1 is 1.00 bits per heavy atom. The Kier molecular flexibility index (Phi) is 6.65. The van der Waals surface area contributed by atoms with Crippen LogP contribution in [-0.4, -0.2) is 40.0 Å². The normalized spacial score (nSPS) is 10.4. The average Bonchev–Trinajstić information content (AvgIpc) is 2.66. The maximum absolute atomic E-state index is 11.8. The SMILES string of the molecule is COc1ccc(NCC(=O)N/N=C\c2ccc(OC)c(OC)c2)cc1. The fraction of sp³-hybridized carbons (Fsp3) is 0.222. The minimum atomic E-state index is -0.257. The number of carbonyl (C=O) groups excluding carboxylic acids is 1. The molecule has 7 heteroatoms. The molecule has 2 N–H and O–H groups in total. The first-order valence-corrected chi connectivity index (χ1v) is 7.58. The van der Waals surface area contributed by atoms with E-state index in [1.807, 2.05) is 30.3 Å². The van der Waals surface area contributed by atoms with Crippen LogP contribution in [0.1, 0.15) is 5.56 Å². The van der Waals surface area contributed by atoms with Crippen molar-refractivity contribution in [3.8, 4) is 17.2 Å². The summed E-state index contributed by atoms with van der Waals surface area (Å²) in [6, 6.07) is 12.6. The Hall–Kier alpha value is -3.22. The molecule has 0 saturated carbocycles. The molecule has 2 aromatic carbocycles. The molecular weight excluding hydrogens is 322 g/mol. The van der Waals surface area contributed by atoms with Gasteiger partial charge in [0, 0.05) is 5.69 Å². The van der Waals surface area contributed by atoms with Crippen molar-refractivity contribution in [3.05, 3.63) is 48.0 Å². The second-order valence-corrected chi connectivity index (χ2v) is 4.99. The van der Waals surface area contributed by atoms with E-state index >= 15 is 0 Å². The van der Waals surface area contributed by atoms with Gasteiger partial charge in [-0.3, -0.25) is 4.79 Å². The Morgan fingerprint density at radius 3 is 2.36 bits per heavy atom. The zero-order chi connectivity index (χ0) is 18.1. The Morgan fingerprint density at radius 2 is 1.72 bits per heavy atom. The van der Waals surface area contributed by atoms with E-state index in [4.69, 9.17) is 14.2 Å². The highest BCUT2D eigenvalue weighted by molar-refractivity contribution is 5.84. The number of benzene rings is 2. The summed E-state index contributed by atoms with van der Waals surface area (Å²) in [4.78, 5) is 11.8. The molecular formula is C18H21N3O4. The van der Waals surface area contributed by atoms with E-state index in [9.17, 15) is 4.79 Å². The molecule has 1 amide bonds. The lowest BCUT2D eigenvalue weighted by Gasteiger charge is -2.07. The monoisotopic (exact) mass is 343 g/mol. The largest absolute Gasteiger partial charge is 0.497 e. The van der Waals surface area contributed by atoms with Crippen molar-refractivity contribution in [1.82, 2.24) is 5.43 Å². The van der Waals surface area contributed by atoms with Crippen LogP contribution in [0, 0.1) is 0 Å². The van der Waals surface area contributed by atoms with Crippen molar-refractivity contribution >= 4 is 17.8 Å². The number of nitrogens with one attached hydrogen (secondary N) is 2. The summed E-state index contributed by atoms with van der Waals surface area (Å²) in [6.45, 7) is 0.107. The van der Waals surface area contributed by atoms with Gasteiger partial charge in [0.25, 0.3) is 5.91 Å². The minimum Gasteiger partial charge on any atom is -0.497 e. The third kappa shape index (κ3) is 5.42. The third-order valence-electron chi connectivity index (χ3n) is 3.35. The molecule has 0 saturated heterocycles. The van der Waals surface area contributed by atoms with Crippen LogP contribution >= 0.6 is 0 Å². The van der Waals surface area contributed by atoms with Gasteiger partial charge in [-0.05, 0) is 48.0 Å². The molecule has 0 aliphatic rings. The summed E-state index contributed by atoms with van der Waals surface area (Å²) < 4.78 is 15.5. The average molecular weight is 343 g/mol. The topological polar surface area (TPSA) is 81.2 Å². The third-order valence-corrected chi connectivity index (χ3v) is 3.35. The van der Waals surface area contributed by atoms with Crippen LogP contribution in [0.25, 0.3) is 0 Å². The minimum absolute atomic E-state index is 0.107. The second-order valence-electron chi connectivity index (χ2n) is 4.99. The number of rotatable bonds is 8. The van der Waals surface area contributed by atoms with Crippen LogP contribution in [0.2, 0.25) is 0 Å². The van der Waals surface area contributed by atoms with E-state index in [0.29, 0.717) is 11.5 Å². The molecule has 0 unspecified atom stereocenters. The summed E-state index contributed by atoms with van der Waals surface area (Å²) in [7, 11) is 4.74. The lowest BCUT2D eigenvalue weighted by molar-refractivity contribution is -0.119. The molecule has 2 aromatic rings. The zero-order valence-corrected chi connectivity index (χ0v) is 14.4.